The van der Waals surface area contributed by atoms with Gasteiger partial charge in [-0.15, -0.1) is 0 Å². The van der Waals surface area contributed by atoms with Crippen LogP contribution in [0.2, 0.25) is 0 Å². The Morgan fingerprint density at radius 2 is 2.15 bits per heavy atom. The summed E-state index contributed by atoms with van der Waals surface area (Å²) in [5.74, 6) is -1.35. The summed E-state index contributed by atoms with van der Waals surface area (Å²) < 4.78 is 12.6. The predicted octanol–water partition coefficient (Wildman–Crippen LogP) is 2.60. The molecule has 0 saturated carbocycles. The number of aromatic nitrogens is 1. The minimum absolute atomic E-state index is 0.207. The molecular weight excluding hydrogens is 349 g/mol. The van der Waals surface area contributed by atoms with Crippen LogP contribution in [-0.2, 0) is 20.8 Å². The maximum atomic E-state index is 12.9. The van der Waals surface area contributed by atoms with Crippen molar-refractivity contribution in [3.8, 4) is 0 Å². The summed E-state index contributed by atoms with van der Waals surface area (Å²) in [6.45, 7) is 4.05. The van der Waals surface area contributed by atoms with Gasteiger partial charge >= 0.3 is 0 Å². The summed E-state index contributed by atoms with van der Waals surface area (Å²) in [7, 11) is 0. The molecule has 6 nitrogen and oxygen atoms in total. The number of hydrogen-bond acceptors (Lipinski definition) is 5. The van der Waals surface area contributed by atoms with Crippen molar-refractivity contribution in [2.24, 2.45) is 11.1 Å². The molecule has 144 valence electrons. The molecule has 1 amide bonds. The first kappa shape index (κ1) is 19.2. The number of Topliss-reactive ketones (excluding diaryl/α,β-unsaturated/α-hetero) is 1. The summed E-state index contributed by atoms with van der Waals surface area (Å²) in [5, 5.41) is 6.75. The number of oxime groups is 1. The van der Waals surface area contributed by atoms with Gasteiger partial charge in [-0.05, 0) is 31.4 Å². The van der Waals surface area contributed by atoms with Crippen molar-refractivity contribution in [2.45, 2.75) is 51.7 Å². The minimum Gasteiger partial charge on any atom is -0.378 e. The van der Waals surface area contributed by atoms with Gasteiger partial charge in [-0.25, -0.2) is 4.39 Å². The number of allylic oxidation sites excluding steroid dienone is 1. The minimum atomic E-state index is -1.25. The van der Waals surface area contributed by atoms with Crippen LogP contribution in [0.1, 0.15) is 50.4 Å². The average Bonchev–Trinajstić information content (AvgIpc) is 3.13. The van der Waals surface area contributed by atoms with Gasteiger partial charge < -0.3 is 10.2 Å². The van der Waals surface area contributed by atoms with Crippen LogP contribution >= 0.6 is 0 Å². The largest absolute Gasteiger partial charge is 0.378 e. The number of ketones is 1. The molecule has 0 aromatic carbocycles. The number of alkyl halides is 1. The van der Waals surface area contributed by atoms with Crippen molar-refractivity contribution in [1.82, 2.24) is 10.3 Å². The zero-order chi connectivity index (χ0) is 19.6. The zero-order valence-electron chi connectivity index (χ0n) is 15.8. The Labute approximate surface area is 157 Å². The van der Waals surface area contributed by atoms with E-state index in [1.807, 2.05) is 26.0 Å². The highest BCUT2D eigenvalue weighted by Gasteiger charge is 2.50. The molecule has 1 aromatic heterocycles. The van der Waals surface area contributed by atoms with Crippen LogP contribution in [0.25, 0.3) is 6.08 Å². The fourth-order valence-electron chi connectivity index (χ4n) is 3.37. The average molecular weight is 373 g/mol. The van der Waals surface area contributed by atoms with Crippen molar-refractivity contribution < 1.29 is 18.8 Å². The van der Waals surface area contributed by atoms with E-state index < -0.39 is 30.0 Å². The number of nitrogens with zero attached hydrogens (tertiary/aromatic N) is 2. The van der Waals surface area contributed by atoms with Gasteiger partial charge in [-0.2, -0.15) is 0 Å². The molecule has 0 fully saturated rings. The number of hydrogen-bond donors (Lipinski definition) is 1. The van der Waals surface area contributed by atoms with Gasteiger partial charge in [0.25, 0.3) is 5.91 Å². The van der Waals surface area contributed by atoms with E-state index in [0.717, 1.165) is 18.4 Å². The molecule has 2 atom stereocenters. The Morgan fingerprint density at radius 3 is 2.85 bits per heavy atom. The lowest BCUT2D eigenvalue weighted by molar-refractivity contribution is -0.151. The summed E-state index contributed by atoms with van der Waals surface area (Å²) in [6, 6.07) is 1.07. The summed E-state index contributed by atoms with van der Waals surface area (Å²) in [5.41, 5.74) is 2.27. The normalized spacial score (nSPS) is 22.0. The number of aryl methyl sites for hydroxylation is 1. The highest BCUT2D eigenvalue weighted by molar-refractivity contribution is 6.07. The third kappa shape index (κ3) is 3.50. The van der Waals surface area contributed by atoms with Crippen molar-refractivity contribution >= 4 is 23.5 Å². The van der Waals surface area contributed by atoms with E-state index in [9.17, 15) is 14.0 Å². The van der Waals surface area contributed by atoms with Gasteiger partial charge in [0.1, 0.15) is 12.4 Å². The second kappa shape index (κ2) is 7.58. The third-order valence-corrected chi connectivity index (χ3v) is 5.25. The van der Waals surface area contributed by atoms with E-state index in [0.29, 0.717) is 11.4 Å². The number of pyridine rings is 1. The fraction of sp³-hybridized carbons (Fsp3) is 0.500. The molecule has 1 aliphatic carbocycles. The molecule has 27 heavy (non-hydrogen) atoms. The first-order valence-corrected chi connectivity index (χ1v) is 9.18. The van der Waals surface area contributed by atoms with Gasteiger partial charge in [0.05, 0.1) is 11.7 Å². The van der Waals surface area contributed by atoms with Crippen molar-refractivity contribution in [3.05, 3.63) is 35.2 Å². The van der Waals surface area contributed by atoms with Gasteiger partial charge in [-0.1, -0.05) is 31.2 Å². The smallest absolute Gasteiger partial charge is 0.268 e. The predicted molar refractivity (Wildman–Crippen MR) is 100.0 cm³/mol. The molecule has 1 unspecified atom stereocenters. The van der Waals surface area contributed by atoms with Crippen molar-refractivity contribution in [1.29, 1.82) is 0 Å². The number of fused-ring (bicyclic) bond motifs is 1. The molecule has 3 rings (SSSR count). The van der Waals surface area contributed by atoms with Crippen LogP contribution in [0.15, 0.2) is 23.5 Å². The van der Waals surface area contributed by atoms with Gasteiger partial charge in [0.2, 0.25) is 5.60 Å². The monoisotopic (exact) mass is 373 g/mol. The number of nitrogens with one attached hydrogen (secondary N) is 1. The second-order valence-corrected chi connectivity index (χ2v) is 7.32. The highest BCUT2D eigenvalue weighted by Crippen LogP contribution is 2.35. The van der Waals surface area contributed by atoms with Gasteiger partial charge in [-0.3, -0.25) is 14.6 Å². The molecule has 0 bridgehead atoms. The number of halogens is 1. The van der Waals surface area contributed by atoms with E-state index in [4.69, 9.17) is 4.84 Å². The molecule has 0 saturated heterocycles. The highest BCUT2D eigenvalue weighted by atomic mass is 19.1. The molecule has 2 heterocycles. The van der Waals surface area contributed by atoms with Crippen molar-refractivity contribution in [2.75, 3.05) is 6.67 Å². The molecular formula is C20H24FN3O3. The molecule has 1 aliphatic heterocycles. The number of rotatable bonds is 6. The Hall–Kier alpha value is -2.57. The molecule has 0 radical (unpaired) electrons. The molecule has 1 aromatic rings. The molecule has 2 aliphatic rings. The van der Waals surface area contributed by atoms with Crippen LogP contribution in [0, 0.1) is 5.92 Å². The van der Waals surface area contributed by atoms with Crippen LogP contribution < -0.4 is 5.32 Å². The Kier molecular flexibility index (Phi) is 5.39. The first-order chi connectivity index (χ1) is 12.9. The van der Waals surface area contributed by atoms with Crippen LogP contribution in [0.3, 0.4) is 0 Å². The van der Waals surface area contributed by atoms with Crippen LogP contribution in [0.4, 0.5) is 4.39 Å². The Bertz CT molecular complexity index is 819. The zero-order valence-corrected chi connectivity index (χ0v) is 15.8. The summed E-state index contributed by atoms with van der Waals surface area (Å²) >= 11 is 0. The summed E-state index contributed by atoms with van der Waals surface area (Å²) in [4.78, 5) is 34.5. The fourth-order valence-corrected chi connectivity index (χ4v) is 3.37. The van der Waals surface area contributed by atoms with Gasteiger partial charge in [0.15, 0.2) is 5.78 Å². The van der Waals surface area contributed by atoms with Crippen LogP contribution in [0.5, 0.6) is 0 Å². The quantitative estimate of drug-likeness (QED) is 0.831. The molecule has 1 N–H and O–H groups in total. The van der Waals surface area contributed by atoms with E-state index in [1.165, 1.54) is 12.5 Å². The number of carbonyl (C=O) groups is 2. The second-order valence-electron chi connectivity index (χ2n) is 7.32. The SMILES string of the molecule is CC(C)C1(C(=O)N[C@@H](C)C(=O)CF)CC(c2nccc3c2C=CCC3)=NO1. The lowest BCUT2D eigenvalue weighted by Gasteiger charge is -2.30. The lowest BCUT2D eigenvalue weighted by Crippen LogP contribution is -2.54. The van der Waals surface area contributed by atoms with Crippen LogP contribution in [-0.4, -0.2) is 40.7 Å². The third-order valence-electron chi connectivity index (χ3n) is 5.25. The number of carbonyl (C=O) groups excluding carboxylic acids is 2. The van der Waals surface area contributed by atoms with Gasteiger partial charge in [0, 0.05) is 24.1 Å². The van der Waals surface area contributed by atoms with E-state index in [-0.39, 0.29) is 12.3 Å². The van der Waals surface area contributed by atoms with E-state index >= 15 is 0 Å². The topological polar surface area (TPSA) is 80.7 Å². The molecule has 7 heteroatoms. The lowest BCUT2D eigenvalue weighted by atomic mass is 9.83. The van der Waals surface area contributed by atoms with Crippen molar-refractivity contribution in [3.63, 3.8) is 0 Å². The number of amides is 1. The maximum absolute atomic E-state index is 12.9. The van der Waals surface area contributed by atoms with E-state index in [2.05, 4.69) is 21.5 Å². The first-order valence-electron chi connectivity index (χ1n) is 9.18. The Morgan fingerprint density at radius 1 is 1.37 bits per heavy atom. The van der Waals surface area contributed by atoms with E-state index in [1.54, 1.807) is 6.20 Å². The Balaban J connectivity index is 1.85. The molecule has 0 spiro atoms. The standard InChI is InChI=1S/C20H24FN3O3/c1-12(2)20(19(26)23-13(3)17(25)11-21)10-16(24-27-20)18-15-7-5-4-6-14(15)8-9-22-18/h5,7-9,12-13H,4,6,10-11H2,1-3H3,(H,23,26)/t13-,20?/m0/s1. The maximum Gasteiger partial charge on any atom is 0.268 e. The summed E-state index contributed by atoms with van der Waals surface area (Å²) in [6.07, 6.45) is 8.03.